The maximum atomic E-state index is 12.1. The number of carbonyl (C=O) groups is 1. The molecule has 1 amide bonds. The SMILES string of the molecule is O=C(CCCCCN=C1NS(=O)(=O)c2ccccc21)NCCc1cn2ccccc2n1. The summed E-state index contributed by atoms with van der Waals surface area (Å²) in [6.45, 7) is 1.08. The monoisotopic (exact) mass is 439 g/mol. The van der Waals surface area contributed by atoms with Crippen molar-refractivity contribution in [2.45, 2.75) is 37.0 Å². The number of unbranched alkanes of at least 4 members (excludes halogenated alkanes) is 2. The zero-order chi connectivity index (χ0) is 21.7. The van der Waals surface area contributed by atoms with Crippen LogP contribution in [0.25, 0.3) is 5.65 Å². The Balaban J connectivity index is 1.13. The Morgan fingerprint density at radius 1 is 1.10 bits per heavy atom. The molecule has 0 fully saturated rings. The molecular weight excluding hydrogens is 414 g/mol. The third-order valence-electron chi connectivity index (χ3n) is 5.11. The van der Waals surface area contributed by atoms with Gasteiger partial charge < -0.3 is 9.72 Å². The summed E-state index contributed by atoms with van der Waals surface area (Å²) in [5, 5.41) is 2.94. The molecule has 1 aromatic carbocycles. The Morgan fingerprint density at radius 3 is 2.81 bits per heavy atom. The number of sulfonamides is 1. The van der Waals surface area contributed by atoms with Crippen molar-refractivity contribution in [1.82, 2.24) is 19.4 Å². The summed E-state index contributed by atoms with van der Waals surface area (Å²) in [5.74, 6) is 0.438. The lowest BCUT2D eigenvalue weighted by molar-refractivity contribution is -0.121. The molecule has 2 N–H and O–H groups in total. The highest BCUT2D eigenvalue weighted by Gasteiger charge is 2.29. The number of rotatable bonds is 9. The number of pyridine rings is 1. The van der Waals surface area contributed by atoms with E-state index >= 15 is 0 Å². The third-order valence-corrected chi connectivity index (χ3v) is 6.51. The second-order valence-electron chi connectivity index (χ2n) is 7.44. The zero-order valence-electron chi connectivity index (χ0n) is 17.1. The van der Waals surface area contributed by atoms with E-state index in [0.29, 0.717) is 37.3 Å². The van der Waals surface area contributed by atoms with Crippen LogP contribution in [0.1, 0.15) is 36.9 Å². The standard InChI is InChI=1S/C22H25N5O3S/c28-21(23-14-12-17-16-27-15-7-5-10-20(27)25-17)11-2-1-6-13-24-22-18-8-3-4-9-19(18)31(29,30)26-22/h3-5,7-10,15-16H,1-2,6,11-14H2,(H,23,28)(H,24,26). The average molecular weight is 440 g/mol. The molecule has 3 aromatic rings. The van der Waals surface area contributed by atoms with Gasteiger partial charge in [-0.05, 0) is 37.1 Å². The molecule has 1 aliphatic heterocycles. The van der Waals surface area contributed by atoms with Gasteiger partial charge in [-0.15, -0.1) is 0 Å². The van der Waals surface area contributed by atoms with E-state index in [1.54, 1.807) is 24.3 Å². The number of aliphatic imine (C=N–C) groups is 1. The Morgan fingerprint density at radius 2 is 1.94 bits per heavy atom. The van der Waals surface area contributed by atoms with Crippen molar-refractivity contribution in [2.75, 3.05) is 13.1 Å². The Bertz CT molecular complexity index is 1180. The highest BCUT2D eigenvalue weighted by Crippen LogP contribution is 2.22. The normalized spacial score (nSPS) is 15.7. The molecule has 0 spiro atoms. The third kappa shape index (κ3) is 5.11. The molecule has 8 nitrogen and oxygen atoms in total. The molecule has 0 saturated carbocycles. The Hall–Kier alpha value is -3.20. The summed E-state index contributed by atoms with van der Waals surface area (Å²) in [6.07, 6.45) is 7.52. The number of imidazole rings is 1. The van der Waals surface area contributed by atoms with Gasteiger partial charge in [0.2, 0.25) is 5.91 Å². The first-order valence-corrected chi connectivity index (χ1v) is 11.9. The smallest absolute Gasteiger partial charge is 0.263 e. The molecule has 0 atom stereocenters. The number of nitrogens with zero attached hydrogens (tertiary/aromatic N) is 3. The lowest BCUT2D eigenvalue weighted by Gasteiger charge is -2.04. The lowest BCUT2D eigenvalue weighted by atomic mass is 10.2. The number of fused-ring (bicyclic) bond motifs is 2. The van der Waals surface area contributed by atoms with Gasteiger partial charge in [0, 0.05) is 43.9 Å². The summed E-state index contributed by atoms with van der Waals surface area (Å²) >= 11 is 0. The fourth-order valence-corrected chi connectivity index (χ4v) is 4.79. The van der Waals surface area contributed by atoms with E-state index in [2.05, 4.69) is 20.0 Å². The van der Waals surface area contributed by atoms with E-state index < -0.39 is 10.0 Å². The Labute approximate surface area is 181 Å². The van der Waals surface area contributed by atoms with Crippen molar-refractivity contribution >= 4 is 27.4 Å². The van der Waals surface area contributed by atoms with Crippen LogP contribution in [0.4, 0.5) is 0 Å². The highest BCUT2D eigenvalue weighted by atomic mass is 32.2. The summed E-state index contributed by atoms with van der Waals surface area (Å²) < 4.78 is 28.6. The number of benzene rings is 1. The predicted molar refractivity (Wildman–Crippen MR) is 119 cm³/mol. The topological polar surface area (TPSA) is 105 Å². The van der Waals surface area contributed by atoms with Crippen LogP contribution in [0.3, 0.4) is 0 Å². The van der Waals surface area contributed by atoms with Gasteiger partial charge >= 0.3 is 0 Å². The molecule has 0 unspecified atom stereocenters. The first-order valence-electron chi connectivity index (χ1n) is 10.4. The highest BCUT2D eigenvalue weighted by molar-refractivity contribution is 7.90. The fraction of sp³-hybridized carbons (Fsp3) is 0.318. The lowest BCUT2D eigenvalue weighted by Crippen LogP contribution is -2.25. The number of hydrogen-bond donors (Lipinski definition) is 2. The number of amides is 1. The van der Waals surface area contributed by atoms with Crippen LogP contribution in [0, 0.1) is 0 Å². The molecule has 162 valence electrons. The van der Waals surface area contributed by atoms with Gasteiger partial charge in [0.05, 0.1) is 10.6 Å². The number of carbonyl (C=O) groups excluding carboxylic acids is 1. The first-order chi connectivity index (χ1) is 15.0. The van der Waals surface area contributed by atoms with Gasteiger partial charge in [-0.3, -0.25) is 14.5 Å². The van der Waals surface area contributed by atoms with Crippen LogP contribution in [0.5, 0.6) is 0 Å². The van der Waals surface area contributed by atoms with Crippen molar-refractivity contribution in [2.24, 2.45) is 4.99 Å². The van der Waals surface area contributed by atoms with Crippen molar-refractivity contribution in [3.05, 3.63) is 66.1 Å². The van der Waals surface area contributed by atoms with E-state index in [-0.39, 0.29) is 10.8 Å². The molecule has 0 saturated heterocycles. The molecule has 0 bridgehead atoms. The number of amidine groups is 1. The van der Waals surface area contributed by atoms with E-state index in [0.717, 1.165) is 30.6 Å². The average Bonchev–Trinajstić information content (AvgIpc) is 3.28. The maximum Gasteiger partial charge on any atom is 0.263 e. The Kier molecular flexibility index (Phi) is 6.31. The molecule has 0 radical (unpaired) electrons. The van der Waals surface area contributed by atoms with Crippen LogP contribution in [-0.4, -0.2) is 42.6 Å². The fourth-order valence-electron chi connectivity index (χ4n) is 3.54. The van der Waals surface area contributed by atoms with E-state index in [9.17, 15) is 13.2 Å². The van der Waals surface area contributed by atoms with E-state index in [1.807, 2.05) is 35.0 Å². The molecule has 2 aromatic heterocycles. The van der Waals surface area contributed by atoms with Crippen molar-refractivity contribution in [1.29, 1.82) is 0 Å². The second-order valence-corrected chi connectivity index (χ2v) is 9.09. The maximum absolute atomic E-state index is 12.1. The molecule has 3 heterocycles. The minimum atomic E-state index is -3.49. The quantitative estimate of drug-likeness (QED) is 0.499. The molecule has 4 rings (SSSR count). The van der Waals surface area contributed by atoms with Crippen LogP contribution in [0.2, 0.25) is 0 Å². The summed E-state index contributed by atoms with van der Waals surface area (Å²) in [4.78, 5) is 21.2. The largest absolute Gasteiger partial charge is 0.356 e. The number of aromatic nitrogens is 2. The van der Waals surface area contributed by atoms with Crippen LogP contribution in [0.15, 0.2) is 64.7 Å². The van der Waals surface area contributed by atoms with Gasteiger partial charge in [-0.2, -0.15) is 0 Å². The molecule has 31 heavy (non-hydrogen) atoms. The second kappa shape index (κ2) is 9.30. The molecule has 9 heteroatoms. The van der Waals surface area contributed by atoms with Crippen molar-refractivity contribution in [3.63, 3.8) is 0 Å². The van der Waals surface area contributed by atoms with E-state index in [1.165, 1.54) is 0 Å². The molecule has 1 aliphatic rings. The van der Waals surface area contributed by atoms with Gasteiger partial charge in [-0.1, -0.05) is 24.6 Å². The first kappa shape index (κ1) is 21.0. The summed E-state index contributed by atoms with van der Waals surface area (Å²) in [7, 11) is -3.49. The summed E-state index contributed by atoms with van der Waals surface area (Å²) in [6, 6.07) is 12.7. The predicted octanol–water partition coefficient (Wildman–Crippen LogP) is 2.29. The van der Waals surface area contributed by atoms with Gasteiger partial charge in [0.25, 0.3) is 10.0 Å². The molecular formula is C22H25N5O3S. The minimum Gasteiger partial charge on any atom is -0.356 e. The van der Waals surface area contributed by atoms with Gasteiger partial charge in [0.1, 0.15) is 11.5 Å². The van der Waals surface area contributed by atoms with Gasteiger partial charge in [-0.25, -0.2) is 13.4 Å². The van der Waals surface area contributed by atoms with Crippen LogP contribution in [-0.2, 0) is 21.2 Å². The zero-order valence-corrected chi connectivity index (χ0v) is 17.9. The van der Waals surface area contributed by atoms with Gasteiger partial charge in [0.15, 0.2) is 0 Å². The van der Waals surface area contributed by atoms with Crippen LogP contribution < -0.4 is 10.0 Å². The summed E-state index contributed by atoms with van der Waals surface area (Å²) in [5.41, 5.74) is 2.48. The number of nitrogens with one attached hydrogen (secondary N) is 2. The number of hydrogen-bond acceptors (Lipinski definition) is 5. The van der Waals surface area contributed by atoms with Crippen molar-refractivity contribution in [3.8, 4) is 0 Å². The van der Waals surface area contributed by atoms with E-state index in [4.69, 9.17) is 0 Å². The molecule has 0 aliphatic carbocycles. The van der Waals surface area contributed by atoms with Crippen molar-refractivity contribution < 1.29 is 13.2 Å². The minimum absolute atomic E-state index is 0.0348. The van der Waals surface area contributed by atoms with Crippen LogP contribution >= 0.6 is 0 Å².